The van der Waals surface area contributed by atoms with Crippen LogP contribution in [0.1, 0.15) is 37.0 Å². The molecule has 2 heterocycles. The number of nitrogens with zero attached hydrogens (tertiary/aromatic N) is 2. The van der Waals surface area contributed by atoms with Gasteiger partial charge < -0.3 is 19.9 Å². The van der Waals surface area contributed by atoms with E-state index in [0.29, 0.717) is 38.3 Å². The SMILES string of the molecule is CC(C)C(NC(=O)c1ccc(F)cc1)C(=O)N1CCN(C(=O)C2CCCO2)CC1. The summed E-state index contributed by atoms with van der Waals surface area (Å²) in [5.74, 6) is -1.12. The van der Waals surface area contributed by atoms with Crippen molar-refractivity contribution in [3.63, 3.8) is 0 Å². The minimum absolute atomic E-state index is 0.000351. The second kappa shape index (κ2) is 9.35. The molecule has 1 aromatic carbocycles. The van der Waals surface area contributed by atoms with Gasteiger partial charge in [0.05, 0.1) is 0 Å². The van der Waals surface area contributed by atoms with Gasteiger partial charge in [0.25, 0.3) is 11.8 Å². The molecule has 2 fully saturated rings. The van der Waals surface area contributed by atoms with Gasteiger partial charge in [-0.05, 0) is 43.0 Å². The largest absolute Gasteiger partial charge is 0.368 e. The zero-order chi connectivity index (χ0) is 21.0. The number of benzene rings is 1. The van der Waals surface area contributed by atoms with Gasteiger partial charge >= 0.3 is 0 Å². The van der Waals surface area contributed by atoms with Crippen molar-refractivity contribution in [2.24, 2.45) is 5.92 Å². The Morgan fingerprint density at radius 2 is 1.69 bits per heavy atom. The van der Waals surface area contributed by atoms with E-state index in [-0.39, 0.29) is 23.8 Å². The van der Waals surface area contributed by atoms with E-state index in [1.165, 1.54) is 24.3 Å². The highest BCUT2D eigenvalue weighted by Gasteiger charge is 2.34. The number of hydrogen-bond donors (Lipinski definition) is 1. The fraction of sp³-hybridized carbons (Fsp3) is 0.571. The smallest absolute Gasteiger partial charge is 0.251 e. The molecular weight excluding hydrogens is 377 g/mol. The molecule has 3 rings (SSSR count). The van der Waals surface area contributed by atoms with Crippen LogP contribution < -0.4 is 5.32 Å². The van der Waals surface area contributed by atoms with Crippen molar-refractivity contribution in [2.45, 2.75) is 38.8 Å². The van der Waals surface area contributed by atoms with Crippen LogP contribution in [0, 0.1) is 11.7 Å². The number of nitrogens with one attached hydrogen (secondary N) is 1. The Hall–Kier alpha value is -2.48. The Bertz CT molecular complexity index is 739. The van der Waals surface area contributed by atoms with E-state index in [1.807, 2.05) is 13.8 Å². The fourth-order valence-electron chi connectivity index (χ4n) is 3.66. The van der Waals surface area contributed by atoms with Gasteiger partial charge in [-0.15, -0.1) is 0 Å². The highest BCUT2D eigenvalue weighted by atomic mass is 19.1. The maximum absolute atomic E-state index is 13.1. The Morgan fingerprint density at radius 1 is 1.07 bits per heavy atom. The Balaban J connectivity index is 1.57. The molecule has 2 atom stereocenters. The monoisotopic (exact) mass is 405 g/mol. The first-order chi connectivity index (χ1) is 13.9. The average molecular weight is 405 g/mol. The highest BCUT2D eigenvalue weighted by Crippen LogP contribution is 2.17. The summed E-state index contributed by atoms with van der Waals surface area (Å²) in [6.45, 7) is 6.12. The molecule has 0 bridgehead atoms. The Kier molecular flexibility index (Phi) is 6.84. The summed E-state index contributed by atoms with van der Waals surface area (Å²) in [7, 11) is 0. The maximum Gasteiger partial charge on any atom is 0.251 e. The summed E-state index contributed by atoms with van der Waals surface area (Å²) < 4.78 is 18.5. The summed E-state index contributed by atoms with van der Waals surface area (Å²) >= 11 is 0. The summed E-state index contributed by atoms with van der Waals surface area (Å²) in [6, 6.07) is 4.52. The molecule has 1 N–H and O–H groups in total. The van der Waals surface area contributed by atoms with Crippen LogP contribution in [0.25, 0.3) is 0 Å². The molecule has 2 aliphatic heterocycles. The zero-order valence-corrected chi connectivity index (χ0v) is 16.9. The van der Waals surface area contributed by atoms with Gasteiger partial charge in [-0.25, -0.2) is 4.39 Å². The van der Waals surface area contributed by atoms with Crippen LogP contribution in [0.2, 0.25) is 0 Å². The number of amides is 3. The average Bonchev–Trinajstić information content (AvgIpc) is 3.26. The van der Waals surface area contributed by atoms with Crippen molar-refractivity contribution in [2.75, 3.05) is 32.8 Å². The van der Waals surface area contributed by atoms with Gasteiger partial charge in [0.2, 0.25) is 5.91 Å². The molecule has 7 nitrogen and oxygen atoms in total. The van der Waals surface area contributed by atoms with Gasteiger partial charge in [0.15, 0.2) is 0 Å². The second-order valence-electron chi connectivity index (χ2n) is 7.85. The molecule has 158 valence electrons. The van der Waals surface area contributed by atoms with Gasteiger partial charge in [-0.2, -0.15) is 0 Å². The number of hydrogen-bond acceptors (Lipinski definition) is 4. The summed E-state index contributed by atoms with van der Waals surface area (Å²) in [4.78, 5) is 41.4. The maximum atomic E-state index is 13.1. The molecule has 2 aliphatic rings. The zero-order valence-electron chi connectivity index (χ0n) is 16.9. The molecule has 1 aromatic rings. The van der Waals surface area contributed by atoms with Crippen LogP contribution in [-0.4, -0.2) is 72.5 Å². The van der Waals surface area contributed by atoms with Crippen molar-refractivity contribution in [3.05, 3.63) is 35.6 Å². The molecule has 0 saturated carbocycles. The van der Waals surface area contributed by atoms with E-state index >= 15 is 0 Å². The lowest BCUT2D eigenvalue weighted by atomic mass is 10.0. The van der Waals surface area contributed by atoms with E-state index in [9.17, 15) is 18.8 Å². The molecular formula is C21H28FN3O4. The van der Waals surface area contributed by atoms with Crippen molar-refractivity contribution < 1.29 is 23.5 Å². The van der Waals surface area contributed by atoms with Crippen LogP contribution in [0.3, 0.4) is 0 Å². The van der Waals surface area contributed by atoms with Crippen LogP contribution in [0.4, 0.5) is 4.39 Å². The molecule has 8 heteroatoms. The number of halogens is 1. The first-order valence-electron chi connectivity index (χ1n) is 10.1. The lowest BCUT2D eigenvalue weighted by Crippen LogP contribution is -2.58. The van der Waals surface area contributed by atoms with Gasteiger partial charge in [-0.3, -0.25) is 14.4 Å². The van der Waals surface area contributed by atoms with Crippen LogP contribution >= 0.6 is 0 Å². The predicted molar refractivity (Wildman–Crippen MR) is 105 cm³/mol. The van der Waals surface area contributed by atoms with E-state index in [4.69, 9.17) is 4.74 Å². The molecule has 0 aromatic heterocycles. The first-order valence-corrected chi connectivity index (χ1v) is 10.1. The van der Waals surface area contributed by atoms with E-state index < -0.39 is 17.8 Å². The molecule has 3 amide bonds. The molecule has 2 unspecified atom stereocenters. The van der Waals surface area contributed by atoms with Crippen molar-refractivity contribution in [1.29, 1.82) is 0 Å². The number of rotatable bonds is 5. The third-order valence-corrected chi connectivity index (χ3v) is 5.43. The van der Waals surface area contributed by atoms with Gasteiger partial charge in [0, 0.05) is 38.3 Å². The second-order valence-corrected chi connectivity index (χ2v) is 7.85. The Labute approximate surface area is 170 Å². The normalized spacial score (nSPS) is 20.6. The number of piperazine rings is 1. The molecule has 29 heavy (non-hydrogen) atoms. The van der Waals surface area contributed by atoms with Crippen molar-refractivity contribution in [3.8, 4) is 0 Å². The predicted octanol–water partition coefficient (Wildman–Crippen LogP) is 1.43. The van der Waals surface area contributed by atoms with Crippen molar-refractivity contribution in [1.82, 2.24) is 15.1 Å². The summed E-state index contributed by atoms with van der Waals surface area (Å²) in [5, 5.41) is 2.77. The number of carbonyl (C=O) groups is 3. The van der Waals surface area contributed by atoms with Gasteiger partial charge in [0.1, 0.15) is 18.0 Å². The lowest BCUT2D eigenvalue weighted by molar-refractivity contribution is -0.146. The third kappa shape index (κ3) is 5.12. The quantitative estimate of drug-likeness (QED) is 0.804. The minimum Gasteiger partial charge on any atom is -0.368 e. The van der Waals surface area contributed by atoms with Crippen LogP contribution in [0.15, 0.2) is 24.3 Å². The Morgan fingerprint density at radius 3 is 2.24 bits per heavy atom. The first kappa shape index (κ1) is 21.2. The standard InChI is InChI=1S/C21H28FN3O4/c1-14(2)18(23-19(26)15-5-7-16(22)8-6-15)21(28)25-11-9-24(10-12-25)20(27)17-4-3-13-29-17/h5-8,14,17-18H,3-4,9-13H2,1-2H3,(H,23,26). The number of ether oxygens (including phenoxy) is 1. The molecule has 0 aliphatic carbocycles. The number of carbonyl (C=O) groups excluding carboxylic acids is 3. The van der Waals surface area contributed by atoms with Crippen LogP contribution in [0.5, 0.6) is 0 Å². The lowest BCUT2D eigenvalue weighted by Gasteiger charge is -2.38. The van der Waals surface area contributed by atoms with E-state index in [0.717, 1.165) is 12.8 Å². The van der Waals surface area contributed by atoms with E-state index in [2.05, 4.69) is 5.32 Å². The fourth-order valence-corrected chi connectivity index (χ4v) is 3.66. The molecule has 0 radical (unpaired) electrons. The third-order valence-electron chi connectivity index (χ3n) is 5.43. The van der Waals surface area contributed by atoms with Crippen LogP contribution in [-0.2, 0) is 14.3 Å². The summed E-state index contributed by atoms with van der Waals surface area (Å²) in [6.07, 6.45) is 1.30. The van der Waals surface area contributed by atoms with E-state index in [1.54, 1.807) is 9.80 Å². The molecule has 2 saturated heterocycles. The molecule has 0 spiro atoms. The topological polar surface area (TPSA) is 79.0 Å². The highest BCUT2D eigenvalue weighted by molar-refractivity contribution is 5.97. The van der Waals surface area contributed by atoms with Gasteiger partial charge in [-0.1, -0.05) is 13.8 Å². The summed E-state index contributed by atoms with van der Waals surface area (Å²) in [5.41, 5.74) is 0.303. The minimum atomic E-state index is -0.687. The van der Waals surface area contributed by atoms with Crippen molar-refractivity contribution >= 4 is 17.7 Å².